The first kappa shape index (κ1) is 22.0. The summed E-state index contributed by atoms with van der Waals surface area (Å²) in [6.07, 6.45) is 4.08. The Bertz CT molecular complexity index is 1100. The number of allylic oxidation sites excluding steroid dienone is 2. The highest BCUT2D eigenvalue weighted by Gasteiger charge is 2.29. The van der Waals surface area contributed by atoms with Crippen molar-refractivity contribution in [2.45, 2.75) is 32.8 Å². The van der Waals surface area contributed by atoms with Gasteiger partial charge in [-0.25, -0.2) is 0 Å². The molecule has 1 aliphatic heterocycles. The van der Waals surface area contributed by atoms with Gasteiger partial charge in [0.15, 0.2) is 11.5 Å². The van der Waals surface area contributed by atoms with Gasteiger partial charge in [-0.05, 0) is 56.7 Å². The van der Waals surface area contributed by atoms with Crippen LogP contribution in [0.25, 0.3) is 5.57 Å². The van der Waals surface area contributed by atoms with Crippen LogP contribution in [-0.2, 0) is 6.42 Å². The Morgan fingerprint density at radius 1 is 1.26 bits per heavy atom. The number of nitrogens with zero attached hydrogens (tertiary/aromatic N) is 1. The molecule has 0 spiro atoms. The molecule has 0 saturated heterocycles. The van der Waals surface area contributed by atoms with Crippen LogP contribution in [0.3, 0.4) is 0 Å². The summed E-state index contributed by atoms with van der Waals surface area (Å²) in [5.74, 6) is 7.00. The molecule has 5 heteroatoms. The van der Waals surface area contributed by atoms with Crippen LogP contribution < -0.4 is 14.8 Å². The summed E-state index contributed by atoms with van der Waals surface area (Å²) in [7, 11) is 0. The summed E-state index contributed by atoms with van der Waals surface area (Å²) in [6.45, 7) is 6.08. The van der Waals surface area contributed by atoms with Crippen LogP contribution in [-0.4, -0.2) is 23.9 Å². The van der Waals surface area contributed by atoms with Gasteiger partial charge in [0.25, 0.3) is 0 Å². The monoisotopic (exact) mass is 414 g/mol. The van der Waals surface area contributed by atoms with Crippen LogP contribution in [0.2, 0.25) is 0 Å². The molecular weight excluding hydrogens is 388 g/mol. The van der Waals surface area contributed by atoms with Crippen molar-refractivity contribution in [1.82, 2.24) is 0 Å². The zero-order valence-electron chi connectivity index (χ0n) is 18.0. The van der Waals surface area contributed by atoms with Crippen molar-refractivity contribution in [3.05, 3.63) is 71.4 Å². The van der Waals surface area contributed by atoms with Gasteiger partial charge in [-0.1, -0.05) is 30.0 Å². The average molecular weight is 415 g/mol. The molecule has 2 aromatic rings. The molecule has 0 saturated carbocycles. The van der Waals surface area contributed by atoms with Crippen molar-refractivity contribution < 1.29 is 14.6 Å². The average Bonchev–Trinajstić information content (AvgIpc) is 2.76. The van der Waals surface area contributed by atoms with E-state index >= 15 is 0 Å². The lowest BCUT2D eigenvalue weighted by molar-refractivity contribution is 0.149. The number of hydrogen-bond acceptors (Lipinski definition) is 5. The normalized spacial score (nSPS) is 14.2. The smallest absolute Gasteiger partial charge is 0.170 e. The summed E-state index contributed by atoms with van der Waals surface area (Å²) < 4.78 is 12.0. The Kier molecular flexibility index (Phi) is 7.03. The molecule has 0 aromatic heterocycles. The first-order chi connectivity index (χ1) is 15.0. The standard InChI is InChI=1S/C26H26N2O3/c1-4-30-24-15-19(13-20(17-27)18-28-22-10-6-5-7-11-22)14-23-21(9-8-12-29)16-26(2,3)31-25(23)24/h5-7,10-11,14-16,18,28-29H,4,12-13H2,1-3H3/b20-18-. The third-order valence-electron chi connectivity index (χ3n) is 4.59. The molecule has 1 aliphatic rings. The summed E-state index contributed by atoms with van der Waals surface area (Å²) in [4.78, 5) is 0. The molecule has 0 bridgehead atoms. The number of hydrogen-bond donors (Lipinski definition) is 2. The molecule has 1 heterocycles. The molecule has 2 N–H and O–H groups in total. The van der Waals surface area contributed by atoms with Crippen LogP contribution in [0.5, 0.6) is 11.5 Å². The van der Waals surface area contributed by atoms with Gasteiger partial charge in [-0.2, -0.15) is 5.26 Å². The van der Waals surface area contributed by atoms with E-state index in [-0.39, 0.29) is 6.61 Å². The Labute approximate surface area is 183 Å². The molecule has 3 rings (SSSR count). The maximum absolute atomic E-state index is 9.64. The summed E-state index contributed by atoms with van der Waals surface area (Å²) in [5, 5.41) is 22.0. The quantitative estimate of drug-likeness (QED) is 0.530. The van der Waals surface area contributed by atoms with Crippen molar-refractivity contribution in [3.63, 3.8) is 0 Å². The molecule has 0 radical (unpaired) electrons. The highest BCUT2D eigenvalue weighted by Crippen LogP contribution is 2.43. The number of anilines is 1. The largest absolute Gasteiger partial charge is 0.490 e. The van der Waals surface area contributed by atoms with E-state index in [1.54, 1.807) is 6.20 Å². The first-order valence-corrected chi connectivity index (χ1v) is 10.2. The zero-order valence-corrected chi connectivity index (χ0v) is 18.0. The summed E-state index contributed by atoms with van der Waals surface area (Å²) in [6, 6.07) is 15.8. The lowest BCUT2D eigenvalue weighted by Gasteiger charge is -2.31. The molecule has 31 heavy (non-hydrogen) atoms. The third kappa shape index (κ3) is 5.69. The number of rotatable bonds is 6. The van der Waals surface area contributed by atoms with Crippen LogP contribution in [0, 0.1) is 23.2 Å². The molecule has 158 valence electrons. The maximum Gasteiger partial charge on any atom is 0.170 e. The predicted molar refractivity (Wildman–Crippen MR) is 123 cm³/mol. The lowest BCUT2D eigenvalue weighted by atomic mass is 9.92. The molecular formula is C26H26N2O3. The fraction of sp³-hybridized carbons (Fsp3) is 0.269. The highest BCUT2D eigenvalue weighted by atomic mass is 16.5. The van der Waals surface area contributed by atoms with Gasteiger partial charge in [-0.3, -0.25) is 0 Å². The number of aliphatic hydroxyl groups excluding tert-OH is 1. The minimum Gasteiger partial charge on any atom is -0.490 e. The number of nitriles is 1. The fourth-order valence-electron chi connectivity index (χ4n) is 3.33. The molecule has 0 atom stereocenters. The van der Waals surface area contributed by atoms with Crippen LogP contribution >= 0.6 is 0 Å². The Hall–Kier alpha value is -3.67. The van der Waals surface area contributed by atoms with E-state index in [9.17, 15) is 5.26 Å². The first-order valence-electron chi connectivity index (χ1n) is 10.2. The van der Waals surface area contributed by atoms with E-state index in [2.05, 4.69) is 23.2 Å². The van der Waals surface area contributed by atoms with Crippen molar-refractivity contribution in [3.8, 4) is 29.4 Å². The van der Waals surface area contributed by atoms with Gasteiger partial charge in [0.05, 0.1) is 12.7 Å². The van der Waals surface area contributed by atoms with Gasteiger partial charge in [-0.15, -0.1) is 0 Å². The van der Waals surface area contributed by atoms with Gasteiger partial charge in [0.1, 0.15) is 12.2 Å². The van der Waals surface area contributed by atoms with Crippen molar-refractivity contribution in [2.24, 2.45) is 0 Å². The lowest BCUT2D eigenvalue weighted by Crippen LogP contribution is -2.29. The van der Waals surface area contributed by atoms with E-state index in [1.165, 1.54) is 0 Å². The molecule has 0 amide bonds. The van der Waals surface area contributed by atoms with Gasteiger partial charge >= 0.3 is 0 Å². The number of fused-ring (bicyclic) bond motifs is 1. The van der Waals surface area contributed by atoms with E-state index in [0.29, 0.717) is 30.1 Å². The molecule has 0 aliphatic carbocycles. The summed E-state index contributed by atoms with van der Waals surface area (Å²) >= 11 is 0. The maximum atomic E-state index is 9.64. The van der Waals surface area contributed by atoms with Gasteiger partial charge in [0, 0.05) is 35.0 Å². The van der Waals surface area contributed by atoms with Crippen LogP contribution in [0.4, 0.5) is 5.69 Å². The topological polar surface area (TPSA) is 74.5 Å². The number of para-hydroxylation sites is 1. The molecule has 0 fully saturated rings. The minimum atomic E-state index is -0.558. The van der Waals surface area contributed by atoms with Gasteiger partial charge < -0.3 is 19.9 Å². The summed E-state index contributed by atoms with van der Waals surface area (Å²) in [5.41, 5.74) is 3.41. The fourth-order valence-corrected chi connectivity index (χ4v) is 3.33. The Morgan fingerprint density at radius 3 is 2.71 bits per heavy atom. The van der Waals surface area contributed by atoms with E-state index < -0.39 is 5.60 Å². The molecule has 2 aromatic carbocycles. The Balaban J connectivity index is 1.98. The van der Waals surface area contributed by atoms with Gasteiger partial charge in [0.2, 0.25) is 0 Å². The predicted octanol–water partition coefficient (Wildman–Crippen LogP) is 4.70. The zero-order chi connectivity index (χ0) is 22.3. The number of nitrogens with one attached hydrogen (secondary N) is 1. The van der Waals surface area contributed by atoms with E-state index in [1.807, 2.05) is 69.3 Å². The van der Waals surface area contributed by atoms with Crippen molar-refractivity contribution in [1.29, 1.82) is 5.26 Å². The Morgan fingerprint density at radius 2 is 2.03 bits per heavy atom. The van der Waals surface area contributed by atoms with Crippen LogP contribution in [0.15, 0.2) is 60.3 Å². The highest BCUT2D eigenvalue weighted by molar-refractivity contribution is 5.86. The second-order valence-corrected chi connectivity index (χ2v) is 7.60. The third-order valence-corrected chi connectivity index (χ3v) is 4.59. The van der Waals surface area contributed by atoms with Crippen molar-refractivity contribution in [2.75, 3.05) is 18.5 Å². The molecule has 5 nitrogen and oxygen atoms in total. The second kappa shape index (κ2) is 9.89. The SMILES string of the molecule is CCOc1cc(C/C(C#N)=C/Nc2ccccc2)cc2c1OC(C)(C)C=C2C#CCO. The number of ether oxygens (including phenoxy) is 2. The number of aliphatic hydroxyl groups is 1. The minimum absolute atomic E-state index is 0.224. The number of benzene rings is 2. The van der Waals surface area contributed by atoms with E-state index in [0.717, 1.165) is 22.4 Å². The van der Waals surface area contributed by atoms with Crippen molar-refractivity contribution >= 4 is 11.3 Å². The van der Waals surface area contributed by atoms with E-state index in [4.69, 9.17) is 14.6 Å². The molecule has 0 unspecified atom stereocenters. The second-order valence-electron chi connectivity index (χ2n) is 7.60. The van der Waals surface area contributed by atoms with Crippen LogP contribution in [0.1, 0.15) is 31.9 Å².